The minimum atomic E-state index is -0.535. The third-order valence-electron chi connectivity index (χ3n) is 12.3. The van der Waals surface area contributed by atoms with Crippen LogP contribution in [0.4, 0.5) is 17.1 Å². The van der Waals surface area contributed by atoms with E-state index in [4.69, 9.17) is 0 Å². The van der Waals surface area contributed by atoms with Crippen LogP contribution in [0.25, 0.3) is 53.2 Å². The van der Waals surface area contributed by atoms with Gasteiger partial charge < -0.3 is 4.90 Å². The van der Waals surface area contributed by atoms with E-state index >= 15 is 0 Å². The first-order valence-electron chi connectivity index (χ1n) is 20.3. The molecular weight excluding hydrogens is 719 g/mol. The molecule has 0 N–H and O–H groups in total. The third kappa shape index (κ3) is 5.15. The van der Waals surface area contributed by atoms with Crippen molar-refractivity contribution in [3.05, 3.63) is 234 Å². The van der Waals surface area contributed by atoms with Gasteiger partial charge in [0, 0.05) is 31.4 Å². The Bertz CT molecular complexity index is 3100. The molecule has 9 aromatic carbocycles. The molecule has 0 spiro atoms. The van der Waals surface area contributed by atoms with Crippen LogP contribution in [0, 0.1) is 0 Å². The van der Waals surface area contributed by atoms with Crippen LogP contribution < -0.4 is 4.90 Å². The molecule has 0 saturated carbocycles. The van der Waals surface area contributed by atoms with Crippen molar-refractivity contribution in [2.24, 2.45) is 0 Å². The van der Waals surface area contributed by atoms with Gasteiger partial charge in [0.25, 0.3) is 0 Å². The maximum Gasteiger partial charge on any atom is 0.0714 e. The largest absolute Gasteiger partial charge is 0.309 e. The number of anilines is 3. The number of thiophene rings is 1. The molecule has 1 nitrogen and oxygen atoms in total. The molecular formula is C56H41NS. The number of nitrogens with zero attached hydrogens (tertiary/aromatic N) is 1. The average Bonchev–Trinajstić information content (AvgIpc) is 3.81. The lowest BCUT2D eigenvalue weighted by atomic mass is 9.67. The summed E-state index contributed by atoms with van der Waals surface area (Å²) in [6.45, 7) is 4.65. The molecule has 1 aliphatic rings. The molecule has 0 atom stereocenters. The van der Waals surface area contributed by atoms with Gasteiger partial charge in [-0.15, -0.1) is 11.3 Å². The van der Waals surface area contributed by atoms with Gasteiger partial charge in [0.2, 0.25) is 0 Å². The Labute approximate surface area is 344 Å². The average molecular weight is 760 g/mol. The summed E-state index contributed by atoms with van der Waals surface area (Å²) in [5, 5.41) is 5.01. The molecule has 0 aliphatic heterocycles. The van der Waals surface area contributed by atoms with Crippen molar-refractivity contribution in [3.63, 3.8) is 0 Å². The highest BCUT2D eigenvalue weighted by atomic mass is 32.1. The predicted octanol–water partition coefficient (Wildman–Crippen LogP) is 15.8. The highest BCUT2D eigenvalue weighted by Gasteiger charge is 2.47. The molecule has 0 amide bonds. The molecule has 2 heteroatoms. The molecule has 1 heterocycles. The smallest absolute Gasteiger partial charge is 0.0714 e. The molecule has 1 aliphatic carbocycles. The zero-order valence-electron chi connectivity index (χ0n) is 32.6. The number of hydrogen-bond donors (Lipinski definition) is 0. The summed E-state index contributed by atoms with van der Waals surface area (Å²) < 4.78 is 2.58. The van der Waals surface area contributed by atoms with Gasteiger partial charge in [-0.05, 0) is 97.6 Å². The summed E-state index contributed by atoms with van der Waals surface area (Å²) >= 11 is 1.87. The first kappa shape index (κ1) is 34.5. The van der Waals surface area contributed by atoms with E-state index in [0.29, 0.717) is 5.92 Å². The minimum Gasteiger partial charge on any atom is -0.309 e. The van der Waals surface area contributed by atoms with Crippen LogP contribution in [0.3, 0.4) is 0 Å². The van der Waals surface area contributed by atoms with E-state index in [2.05, 4.69) is 225 Å². The Morgan fingerprint density at radius 1 is 0.466 bits per heavy atom. The van der Waals surface area contributed by atoms with E-state index in [1.165, 1.54) is 86.7 Å². The molecule has 58 heavy (non-hydrogen) atoms. The van der Waals surface area contributed by atoms with Crippen molar-refractivity contribution >= 4 is 59.3 Å². The van der Waals surface area contributed by atoms with Crippen LogP contribution in [0.15, 0.2) is 206 Å². The van der Waals surface area contributed by atoms with Crippen LogP contribution in [0.5, 0.6) is 0 Å². The van der Waals surface area contributed by atoms with Crippen LogP contribution in [0.1, 0.15) is 47.6 Å². The first-order chi connectivity index (χ1) is 28.6. The lowest BCUT2D eigenvalue weighted by Crippen LogP contribution is -2.28. The Hall–Kier alpha value is -6.74. The van der Waals surface area contributed by atoms with E-state index in [1.54, 1.807) is 0 Å². The van der Waals surface area contributed by atoms with Gasteiger partial charge in [-0.2, -0.15) is 0 Å². The van der Waals surface area contributed by atoms with Crippen molar-refractivity contribution in [1.29, 1.82) is 0 Å². The summed E-state index contributed by atoms with van der Waals surface area (Å²) in [6.07, 6.45) is 0. The molecule has 276 valence electrons. The number of fused-ring (bicyclic) bond motifs is 7. The second kappa shape index (κ2) is 13.7. The third-order valence-corrected chi connectivity index (χ3v) is 13.4. The Balaban J connectivity index is 1.29. The number of benzene rings is 9. The fourth-order valence-corrected chi connectivity index (χ4v) is 11.0. The van der Waals surface area contributed by atoms with Gasteiger partial charge in [-0.1, -0.05) is 184 Å². The van der Waals surface area contributed by atoms with Gasteiger partial charge >= 0.3 is 0 Å². The zero-order valence-corrected chi connectivity index (χ0v) is 33.4. The Morgan fingerprint density at radius 3 is 1.84 bits per heavy atom. The molecule has 0 saturated heterocycles. The topological polar surface area (TPSA) is 3.24 Å². The highest BCUT2D eigenvalue weighted by molar-refractivity contribution is 7.26. The maximum atomic E-state index is 2.56. The van der Waals surface area contributed by atoms with Gasteiger partial charge in [0.1, 0.15) is 0 Å². The molecule has 0 fully saturated rings. The second-order valence-corrected chi connectivity index (χ2v) is 16.9. The maximum absolute atomic E-state index is 2.56. The summed E-state index contributed by atoms with van der Waals surface area (Å²) in [7, 11) is 0. The van der Waals surface area contributed by atoms with Crippen molar-refractivity contribution in [1.82, 2.24) is 0 Å². The zero-order chi connectivity index (χ0) is 38.8. The lowest BCUT2D eigenvalue weighted by molar-refractivity contribution is 0.765. The van der Waals surface area contributed by atoms with Gasteiger partial charge in [-0.3, -0.25) is 0 Å². The fourth-order valence-electron chi connectivity index (χ4n) is 9.88. The van der Waals surface area contributed by atoms with Crippen LogP contribution in [0.2, 0.25) is 0 Å². The van der Waals surface area contributed by atoms with Crippen molar-refractivity contribution < 1.29 is 0 Å². The molecule has 0 bridgehead atoms. The van der Waals surface area contributed by atoms with Crippen molar-refractivity contribution in [3.8, 4) is 22.3 Å². The number of rotatable bonds is 7. The second-order valence-electron chi connectivity index (χ2n) is 15.8. The highest BCUT2D eigenvalue weighted by Crippen LogP contribution is 2.59. The Kier molecular flexibility index (Phi) is 8.17. The van der Waals surface area contributed by atoms with E-state index < -0.39 is 5.41 Å². The first-order valence-corrected chi connectivity index (χ1v) is 21.1. The van der Waals surface area contributed by atoms with Crippen LogP contribution in [-0.4, -0.2) is 0 Å². The summed E-state index contributed by atoms with van der Waals surface area (Å²) in [5.74, 6) is 0.358. The van der Waals surface area contributed by atoms with Gasteiger partial charge in [0.05, 0.1) is 16.8 Å². The van der Waals surface area contributed by atoms with Gasteiger partial charge in [-0.25, -0.2) is 0 Å². The number of hydrogen-bond acceptors (Lipinski definition) is 2. The van der Waals surface area contributed by atoms with Crippen molar-refractivity contribution in [2.45, 2.75) is 25.2 Å². The molecule has 10 aromatic rings. The summed E-state index contributed by atoms with van der Waals surface area (Å²) in [4.78, 5) is 2.56. The quantitative estimate of drug-likeness (QED) is 0.156. The summed E-state index contributed by atoms with van der Waals surface area (Å²) in [6, 6.07) is 76.8. The van der Waals surface area contributed by atoms with E-state index in [0.717, 1.165) is 11.4 Å². The predicted molar refractivity (Wildman–Crippen MR) is 248 cm³/mol. The normalized spacial score (nSPS) is 12.9. The SMILES string of the molecule is CC(C)c1cccc2c1-c1ccc(N(c3ccc4ccccc4c3-c3ccccc3)c3cccc4sc5ccccc5c34)cc1C2(c1ccccc1)c1ccccc1. The van der Waals surface area contributed by atoms with Gasteiger partial charge in [0.15, 0.2) is 0 Å². The van der Waals surface area contributed by atoms with E-state index in [1.807, 2.05) is 11.3 Å². The van der Waals surface area contributed by atoms with Crippen LogP contribution in [-0.2, 0) is 5.41 Å². The molecule has 11 rings (SSSR count). The monoisotopic (exact) mass is 759 g/mol. The fraction of sp³-hybridized carbons (Fsp3) is 0.0714. The van der Waals surface area contributed by atoms with Crippen molar-refractivity contribution in [2.75, 3.05) is 4.90 Å². The molecule has 0 radical (unpaired) electrons. The lowest BCUT2D eigenvalue weighted by Gasteiger charge is -2.35. The van der Waals surface area contributed by atoms with E-state index in [-0.39, 0.29) is 0 Å². The van der Waals surface area contributed by atoms with Crippen LogP contribution >= 0.6 is 11.3 Å². The minimum absolute atomic E-state index is 0.358. The summed E-state index contributed by atoms with van der Waals surface area (Å²) in [5.41, 5.74) is 14.6. The Morgan fingerprint density at radius 2 is 1.10 bits per heavy atom. The van der Waals surface area contributed by atoms with E-state index in [9.17, 15) is 0 Å². The molecule has 1 aromatic heterocycles. The molecule has 0 unspecified atom stereocenters. The standard InChI is InChI=1S/C56H41NS/c1-37(2)43-27-16-28-47-54(43)45-34-33-42(36-48(45)56(47,40-21-8-4-9-22-40)41-23-10-5-11-24-41)57(49-29-17-31-52-55(49)46-26-14-15-30-51(46)58-52)50-35-32-38-18-12-13-25-44(38)53(50)39-19-6-3-7-20-39/h3-37H,1-2H3.